The minimum absolute atomic E-state index is 1.10. The lowest BCUT2D eigenvalue weighted by atomic mass is 10.0. The first-order chi connectivity index (χ1) is 12.3. The lowest BCUT2D eigenvalue weighted by Gasteiger charge is -2.04. The van der Waals surface area contributed by atoms with Gasteiger partial charge in [-0.25, -0.2) is 0 Å². The van der Waals surface area contributed by atoms with Crippen LogP contribution < -0.4 is 0 Å². The number of unbranched alkanes of at least 4 members (excludes halogenated alkanes) is 19. The van der Waals surface area contributed by atoms with Gasteiger partial charge >= 0.3 is 0 Å². The molecule has 0 aliphatic carbocycles. The molecule has 152 valence electrons. The molecule has 0 nitrogen and oxygen atoms in total. The highest BCUT2D eigenvalue weighted by Crippen LogP contribution is 2.16. The van der Waals surface area contributed by atoms with Crippen LogP contribution in [-0.4, -0.2) is 7.42 Å². The Morgan fingerprint density at radius 2 is 0.640 bits per heavy atom. The minimum atomic E-state index is -1.32. The molecular weight excluding hydrogens is 363 g/mol. The molecule has 0 aromatic rings. The van der Waals surface area contributed by atoms with Gasteiger partial charge in [-0.05, 0) is 6.04 Å². The van der Waals surface area contributed by atoms with Crippen molar-refractivity contribution in [3.63, 3.8) is 0 Å². The van der Waals surface area contributed by atoms with E-state index in [0.717, 1.165) is 6.04 Å². The van der Waals surface area contributed by atoms with Gasteiger partial charge in [-0.3, -0.25) is 0 Å². The molecule has 0 heterocycles. The molecule has 0 fully saturated rings. The van der Waals surface area contributed by atoms with Crippen molar-refractivity contribution in [2.24, 2.45) is 0 Å². The average molecular weight is 410 g/mol. The van der Waals surface area contributed by atoms with E-state index in [9.17, 15) is 0 Å². The van der Waals surface area contributed by atoms with Gasteiger partial charge < -0.3 is 0 Å². The summed E-state index contributed by atoms with van der Waals surface area (Å²) >= 11 is 11.7. The molecule has 0 radical (unpaired) electrons. The fraction of sp³-hybridized carbons (Fsp3) is 1.00. The summed E-state index contributed by atoms with van der Waals surface area (Å²) in [7, 11) is -1.32. The number of rotatable bonds is 21. The predicted octanol–water partition coefficient (Wildman–Crippen LogP) is 9.51. The molecule has 0 aromatic carbocycles. The highest BCUT2D eigenvalue weighted by atomic mass is 35.7. The largest absolute Gasteiger partial charge is 0.237 e. The fourth-order valence-corrected chi connectivity index (χ4v) is 5.08. The summed E-state index contributed by atoms with van der Waals surface area (Å²) in [5.74, 6) is 0. The molecule has 0 amide bonds. The average Bonchev–Trinajstić information content (AvgIpc) is 2.60. The molecule has 0 bridgehead atoms. The summed E-state index contributed by atoms with van der Waals surface area (Å²) in [5, 5.41) is 0. The van der Waals surface area contributed by atoms with Crippen molar-refractivity contribution in [1.82, 2.24) is 0 Å². The lowest BCUT2D eigenvalue weighted by Crippen LogP contribution is -1.91. The number of halogens is 2. The molecular formula is C22H46Cl2Si. The SMILES string of the molecule is CCCCCCCCCCCCCCCCCCCCCC[SiH](Cl)Cl. The van der Waals surface area contributed by atoms with Crippen LogP contribution in [0.5, 0.6) is 0 Å². The first kappa shape index (κ1) is 25.8. The number of hydrogen-bond donors (Lipinski definition) is 0. The molecule has 0 atom stereocenters. The van der Waals surface area contributed by atoms with Crippen molar-refractivity contribution in [1.29, 1.82) is 0 Å². The van der Waals surface area contributed by atoms with Crippen LogP contribution >= 0.6 is 22.2 Å². The Hall–Kier alpha value is 0.797. The second-order valence-corrected chi connectivity index (χ2v) is 13.1. The topological polar surface area (TPSA) is 0 Å². The van der Waals surface area contributed by atoms with Gasteiger partial charge in [0.1, 0.15) is 0 Å². The van der Waals surface area contributed by atoms with Crippen molar-refractivity contribution >= 4 is 29.6 Å². The van der Waals surface area contributed by atoms with E-state index in [2.05, 4.69) is 6.92 Å². The van der Waals surface area contributed by atoms with E-state index in [-0.39, 0.29) is 0 Å². The second kappa shape index (κ2) is 22.8. The molecule has 0 N–H and O–H groups in total. The van der Waals surface area contributed by atoms with E-state index in [1.54, 1.807) is 0 Å². The van der Waals surface area contributed by atoms with Gasteiger partial charge in [0.15, 0.2) is 0 Å². The van der Waals surface area contributed by atoms with E-state index in [1.807, 2.05) is 0 Å². The van der Waals surface area contributed by atoms with Crippen molar-refractivity contribution < 1.29 is 0 Å². The standard InChI is InChI=1S/C22H46Cl2Si/c1-2-3-4-5-6-7-8-9-10-11-12-13-14-15-16-17-18-19-20-21-22-25(23)24/h25H,2-22H2,1H3. The van der Waals surface area contributed by atoms with Crippen LogP contribution in [0.2, 0.25) is 6.04 Å². The first-order valence-electron chi connectivity index (χ1n) is 11.6. The molecule has 0 spiro atoms. The van der Waals surface area contributed by atoms with Crippen LogP contribution in [0.25, 0.3) is 0 Å². The molecule has 0 aliphatic heterocycles. The Balaban J connectivity index is 2.96. The van der Waals surface area contributed by atoms with Gasteiger partial charge in [0.2, 0.25) is 7.42 Å². The normalized spacial score (nSPS) is 11.5. The van der Waals surface area contributed by atoms with Gasteiger partial charge in [0.25, 0.3) is 0 Å². The Kier molecular flexibility index (Phi) is 23.6. The van der Waals surface area contributed by atoms with Crippen molar-refractivity contribution in [2.45, 2.75) is 141 Å². The van der Waals surface area contributed by atoms with Gasteiger partial charge in [-0.15, -0.1) is 0 Å². The van der Waals surface area contributed by atoms with E-state index >= 15 is 0 Å². The van der Waals surface area contributed by atoms with Gasteiger partial charge in [0.05, 0.1) is 0 Å². The Morgan fingerprint density at radius 1 is 0.400 bits per heavy atom. The molecule has 0 aliphatic rings. The maximum atomic E-state index is 5.87. The Morgan fingerprint density at radius 3 is 0.880 bits per heavy atom. The van der Waals surface area contributed by atoms with Crippen LogP contribution in [0.4, 0.5) is 0 Å². The quantitative estimate of drug-likeness (QED) is 0.101. The highest BCUT2D eigenvalue weighted by Gasteiger charge is 2.00. The Labute approximate surface area is 170 Å². The van der Waals surface area contributed by atoms with Crippen LogP contribution in [0.15, 0.2) is 0 Å². The molecule has 0 saturated heterocycles. The van der Waals surface area contributed by atoms with Crippen molar-refractivity contribution in [3.8, 4) is 0 Å². The Bertz CT molecular complexity index is 234. The molecule has 0 saturated carbocycles. The van der Waals surface area contributed by atoms with Crippen molar-refractivity contribution in [2.75, 3.05) is 0 Å². The zero-order valence-electron chi connectivity index (χ0n) is 17.2. The van der Waals surface area contributed by atoms with Gasteiger partial charge in [-0.1, -0.05) is 135 Å². The third-order valence-electron chi connectivity index (χ3n) is 5.28. The van der Waals surface area contributed by atoms with E-state index in [1.165, 1.54) is 128 Å². The monoisotopic (exact) mass is 408 g/mol. The maximum Gasteiger partial charge on any atom is 0.237 e. The first-order valence-corrected chi connectivity index (χ1v) is 15.9. The fourth-order valence-electron chi connectivity index (χ4n) is 3.55. The van der Waals surface area contributed by atoms with Crippen LogP contribution in [-0.2, 0) is 0 Å². The summed E-state index contributed by atoms with van der Waals surface area (Å²) in [6.45, 7) is 2.30. The second-order valence-electron chi connectivity index (χ2n) is 7.90. The van der Waals surface area contributed by atoms with Crippen LogP contribution in [0.3, 0.4) is 0 Å². The van der Waals surface area contributed by atoms with E-state index < -0.39 is 7.42 Å². The van der Waals surface area contributed by atoms with Crippen molar-refractivity contribution in [3.05, 3.63) is 0 Å². The molecule has 3 heteroatoms. The molecule has 25 heavy (non-hydrogen) atoms. The summed E-state index contributed by atoms with van der Waals surface area (Å²) in [6.07, 6.45) is 28.7. The third-order valence-corrected chi connectivity index (χ3v) is 7.43. The molecule has 0 unspecified atom stereocenters. The third kappa shape index (κ3) is 24.8. The van der Waals surface area contributed by atoms with Gasteiger partial charge in [-0.2, -0.15) is 22.2 Å². The highest BCUT2D eigenvalue weighted by molar-refractivity contribution is 7.33. The lowest BCUT2D eigenvalue weighted by molar-refractivity contribution is 0.523. The van der Waals surface area contributed by atoms with Crippen LogP contribution in [0, 0.1) is 0 Å². The smallest absolute Gasteiger partial charge is 0.150 e. The van der Waals surface area contributed by atoms with Gasteiger partial charge in [0, 0.05) is 0 Å². The van der Waals surface area contributed by atoms with Crippen LogP contribution in [0.1, 0.15) is 135 Å². The zero-order valence-corrected chi connectivity index (χ0v) is 19.8. The molecule has 0 rings (SSSR count). The summed E-state index contributed by atoms with van der Waals surface area (Å²) in [4.78, 5) is 0. The minimum Gasteiger partial charge on any atom is -0.150 e. The zero-order chi connectivity index (χ0) is 18.4. The summed E-state index contributed by atoms with van der Waals surface area (Å²) in [6, 6.07) is 1.10. The van der Waals surface area contributed by atoms with E-state index in [0.29, 0.717) is 0 Å². The number of hydrogen-bond acceptors (Lipinski definition) is 0. The summed E-state index contributed by atoms with van der Waals surface area (Å²) < 4.78 is 0. The summed E-state index contributed by atoms with van der Waals surface area (Å²) in [5.41, 5.74) is 0. The predicted molar refractivity (Wildman–Crippen MR) is 122 cm³/mol. The molecule has 0 aromatic heterocycles. The van der Waals surface area contributed by atoms with E-state index in [4.69, 9.17) is 22.2 Å². The maximum absolute atomic E-state index is 5.87.